The van der Waals surface area contributed by atoms with E-state index in [4.69, 9.17) is 23.2 Å². The number of ketones is 1. The Morgan fingerprint density at radius 3 is 2.47 bits per heavy atom. The minimum absolute atomic E-state index is 0.0146. The summed E-state index contributed by atoms with van der Waals surface area (Å²) < 4.78 is 2.00. The van der Waals surface area contributed by atoms with E-state index in [9.17, 15) is 4.79 Å². The van der Waals surface area contributed by atoms with E-state index >= 15 is 0 Å². The van der Waals surface area contributed by atoms with Gasteiger partial charge in [0, 0.05) is 17.0 Å². The van der Waals surface area contributed by atoms with Gasteiger partial charge >= 0.3 is 0 Å². The lowest BCUT2D eigenvalue weighted by Gasteiger charge is -2.12. The zero-order valence-electron chi connectivity index (χ0n) is 11.6. The lowest BCUT2D eigenvalue weighted by Crippen LogP contribution is -2.05. The second-order valence-electron chi connectivity index (χ2n) is 5.30. The largest absolute Gasteiger partial charge is 0.330 e. The molecule has 0 radical (unpaired) electrons. The molecule has 19 heavy (non-hydrogen) atoms. The van der Waals surface area contributed by atoms with Gasteiger partial charge in [0.2, 0.25) is 0 Å². The van der Waals surface area contributed by atoms with Crippen molar-refractivity contribution in [2.24, 2.45) is 5.92 Å². The molecule has 2 nitrogen and oxygen atoms in total. The molecule has 0 saturated heterocycles. The maximum atomic E-state index is 11.8. The van der Waals surface area contributed by atoms with Crippen LogP contribution in [0.25, 0.3) is 10.9 Å². The second-order valence-corrected chi connectivity index (χ2v) is 6.06. The molecule has 0 aliphatic carbocycles. The Hall–Kier alpha value is -0.990. The zero-order chi connectivity index (χ0) is 14.3. The summed E-state index contributed by atoms with van der Waals surface area (Å²) in [4.78, 5) is 11.8. The van der Waals surface area contributed by atoms with Gasteiger partial charge in [0.05, 0.1) is 11.1 Å². The van der Waals surface area contributed by atoms with Crippen molar-refractivity contribution in [1.82, 2.24) is 4.57 Å². The molecule has 0 N–H and O–H groups in total. The molecule has 0 spiro atoms. The fraction of sp³-hybridized carbons (Fsp3) is 0.400. The van der Waals surface area contributed by atoms with Crippen molar-refractivity contribution in [2.45, 2.75) is 34.2 Å². The van der Waals surface area contributed by atoms with Crippen LogP contribution >= 0.6 is 23.2 Å². The van der Waals surface area contributed by atoms with Gasteiger partial charge in [-0.1, -0.05) is 43.1 Å². The first-order valence-electron chi connectivity index (χ1n) is 6.32. The van der Waals surface area contributed by atoms with Crippen LogP contribution in [-0.4, -0.2) is 10.4 Å². The number of carbonyl (C=O) groups is 1. The van der Waals surface area contributed by atoms with Crippen LogP contribution < -0.4 is 0 Å². The molecular formula is C15H17Cl2NO. The third-order valence-electron chi connectivity index (χ3n) is 3.25. The number of aryl methyl sites for hydroxylation is 1. The van der Waals surface area contributed by atoms with E-state index in [2.05, 4.69) is 13.8 Å². The number of hydrogen-bond acceptors (Lipinski definition) is 1. The van der Waals surface area contributed by atoms with Crippen LogP contribution in [0.15, 0.2) is 12.1 Å². The summed E-state index contributed by atoms with van der Waals surface area (Å²) in [5, 5.41) is 2.10. The van der Waals surface area contributed by atoms with Gasteiger partial charge in [0.1, 0.15) is 5.15 Å². The quantitative estimate of drug-likeness (QED) is 0.721. The van der Waals surface area contributed by atoms with E-state index in [-0.39, 0.29) is 5.78 Å². The van der Waals surface area contributed by atoms with Gasteiger partial charge in [-0.2, -0.15) is 0 Å². The number of Topliss-reactive ketones (excluding diaryl/α,β-unsaturated/α-hetero) is 1. The van der Waals surface area contributed by atoms with Crippen molar-refractivity contribution in [1.29, 1.82) is 0 Å². The Balaban J connectivity index is 2.89. The van der Waals surface area contributed by atoms with Crippen LogP contribution in [0.3, 0.4) is 0 Å². The summed E-state index contributed by atoms with van der Waals surface area (Å²) in [7, 11) is 0. The summed E-state index contributed by atoms with van der Waals surface area (Å²) >= 11 is 12.6. The van der Waals surface area contributed by atoms with Gasteiger partial charge < -0.3 is 4.57 Å². The number of fused-ring (bicyclic) bond motifs is 1. The molecule has 1 aromatic carbocycles. The molecule has 2 aromatic rings. The van der Waals surface area contributed by atoms with Gasteiger partial charge in [-0.25, -0.2) is 0 Å². The topological polar surface area (TPSA) is 22.0 Å². The Labute approximate surface area is 123 Å². The number of aromatic nitrogens is 1. The number of rotatable bonds is 3. The fourth-order valence-corrected chi connectivity index (χ4v) is 2.98. The van der Waals surface area contributed by atoms with Gasteiger partial charge in [-0.3, -0.25) is 4.79 Å². The van der Waals surface area contributed by atoms with Crippen LogP contribution in [0.5, 0.6) is 0 Å². The summed E-state index contributed by atoms with van der Waals surface area (Å²) in [6.45, 7) is 8.51. The molecule has 0 amide bonds. The second kappa shape index (κ2) is 5.18. The highest BCUT2D eigenvalue weighted by atomic mass is 35.5. The van der Waals surface area contributed by atoms with Crippen LogP contribution in [0.2, 0.25) is 10.2 Å². The number of hydrogen-bond donors (Lipinski definition) is 0. The van der Waals surface area contributed by atoms with Crippen molar-refractivity contribution in [3.63, 3.8) is 0 Å². The Kier molecular flexibility index (Phi) is 3.93. The lowest BCUT2D eigenvalue weighted by atomic mass is 10.1. The van der Waals surface area contributed by atoms with Gasteiger partial charge in [-0.15, -0.1) is 0 Å². The van der Waals surface area contributed by atoms with Crippen molar-refractivity contribution < 1.29 is 4.79 Å². The maximum Gasteiger partial charge on any atom is 0.163 e. The maximum absolute atomic E-state index is 11.8. The fourth-order valence-electron chi connectivity index (χ4n) is 2.44. The zero-order valence-corrected chi connectivity index (χ0v) is 13.1. The van der Waals surface area contributed by atoms with Crippen molar-refractivity contribution >= 4 is 39.9 Å². The molecule has 0 aliphatic rings. The predicted molar refractivity (Wildman–Crippen MR) is 81.5 cm³/mol. The number of benzene rings is 1. The van der Waals surface area contributed by atoms with E-state index in [1.54, 1.807) is 6.92 Å². The highest BCUT2D eigenvalue weighted by Gasteiger charge is 2.21. The van der Waals surface area contributed by atoms with Crippen molar-refractivity contribution in [2.75, 3.05) is 0 Å². The number of nitrogens with zero attached hydrogens (tertiary/aromatic N) is 1. The smallest absolute Gasteiger partial charge is 0.163 e. The first kappa shape index (κ1) is 14.4. The van der Waals surface area contributed by atoms with Crippen molar-refractivity contribution in [3.8, 4) is 0 Å². The molecule has 0 fully saturated rings. The molecule has 0 saturated carbocycles. The first-order chi connectivity index (χ1) is 8.84. The normalized spacial score (nSPS) is 11.5. The molecular weight excluding hydrogens is 281 g/mol. The SMILES string of the molecule is CC(=O)c1c(Cl)n(CC(C)C)c2c(C)c(Cl)ccc12. The van der Waals surface area contributed by atoms with Gasteiger partial charge in [0.15, 0.2) is 5.78 Å². The molecule has 1 aromatic heterocycles. The summed E-state index contributed by atoms with van der Waals surface area (Å²) in [6.07, 6.45) is 0. The van der Waals surface area contributed by atoms with Gasteiger partial charge in [-0.05, 0) is 31.4 Å². The molecule has 0 unspecified atom stereocenters. The van der Waals surface area contributed by atoms with Crippen LogP contribution in [0.1, 0.15) is 36.7 Å². The lowest BCUT2D eigenvalue weighted by molar-refractivity contribution is 0.101. The minimum atomic E-state index is -0.0146. The van der Waals surface area contributed by atoms with Crippen molar-refractivity contribution in [3.05, 3.63) is 33.4 Å². The Morgan fingerprint density at radius 1 is 1.32 bits per heavy atom. The van der Waals surface area contributed by atoms with E-state index in [1.165, 1.54) is 0 Å². The highest BCUT2D eigenvalue weighted by Crippen LogP contribution is 2.35. The average molecular weight is 298 g/mol. The Bertz CT molecular complexity index is 656. The standard InChI is InChI=1S/C15H17Cl2NO/c1-8(2)7-18-14-9(3)12(16)6-5-11(14)13(10(4)19)15(18)17/h5-6,8H,7H2,1-4H3. The molecule has 0 bridgehead atoms. The molecule has 1 heterocycles. The Morgan fingerprint density at radius 2 is 1.95 bits per heavy atom. The van der Waals surface area contributed by atoms with E-state index in [0.717, 1.165) is 23.0 Å². The molecule has 4 heteroatoms. The monoisotopic (exact) mass is 297 g/mol. The average Bonchev–Trinajstić information content (AvgIpc) is 2.57. The van der Waals surface area contributed by atoms with E-state index in [0.29, 0.717) is 21.7 Å². The van der Waals surface area contributed by atoms with Crippen LogP contribution in [0, 0.1) is 12.8 Å². The van der Waals surface area contributed by atoms with Crippen LogP contribution in [0.4, 0.5) is 0 Å². The molecule has 102 valence electrons. The highest BCUT2D eigenvalue weighted by molar-refractivity contribution is 6.36. The third-order valence-corrected chi connectivity index (χ3v) is 4.05. The summed E-state index contributed by atoms with van der Waals surface area (Å²) in [5.74, 6) is 0.422. The van der Waals surface area contributed by atoms with E-state index < -0.39 is 0 Å². The van der Waals surface area contributed by atoms with E-state index in [1.807, 2.05) is 23.6 Å². The third kappa shape index (κ3) is 2.39. The molecule has 2 rings (SSSR count). The summed E-state index contributed by atoms with van der Waals surface area (Å²) in [6, 6.07) is 3.70. The molecule has 0 aliphatic heterocycles. The van der Waals surface area contributed by atoms with Crippen LogP contribution in [-0.2, 0) is 6.54 Å². The predicted octanol–water partition coefficient (Wildman–Crippen LogP) is 5.12. The number of halogens is 2. The number of carbonyl (C=O) groups excluding carboxylic acids is 1. The minimum Gasteiger partial charge on any atom is -0.330 e. The molecule has 0 atom stereocenters. The van der Waals surface area contributed by atoms with Gasteiger partial charge in [0.25, 0.3) is 0 Å². The summed E-state index contributed by atoms with van der Waals surface area (Å²) in [5.41, 5.74) is 2.53. The first-order valence-corrected chi connectivity index (χ1v) is 7.08.